The Labute approximate surface area is 187 Å². The van der Waals surface area contributed by atoms with Gasteiger partial charge in [-0.3, -0.25) is 9.59 Å². The van der Waals surface area contributed by atoms with Crippen molar-refractivity contribution in [3.05, 3.63) is 111 Å². The molecule has 0 radical (unpaired) electrons. The second kappa shape index (κ2) is 9.59. The number of nitrogens with zero attached hydrogens (tertiary/aromatic N) is 2. The van der Waals surface area contributed by atoms with Crippen molar-refractivity contribution in [2.24, 2.45) is 4.99 Å². The number of aromatic nitrogens is 1. The zero-order chi connectivity index (χ0) is 21.6. The van der Waals surface area contributed by atoms with Crippen molar-refractivity contribution in [1.82, 2.24) is 9.88 Å². The van der Waals surface area contributed by atoms with Crippen LogP contribution in [0.1, 0.15) is 27.7 Å². The summed E-state index contributed by atoms with van der Waals surface area (Å²) in [6.45, 7) is 0.258. The quantitative estimate of drug-likeness (QED) is 0.470. The molecule has 0 unspecified atom stereocenters. The molecule has 2 amide bonds. The van der Waals surface area contributed by atoms with Crippen LogP contribution >= 0.6 is 22.9 Å². The highest BCUT2D eigenvalue weighted by Gasteiger charge is 2.23. The summed E-state index contributed by atoms with van der Waals surface area (Å²) in [5, 5.41) is 5.15. The fraction of sp³-hybridized carbons (Fsp3) is 0.0870. The van der Waals surface area contributed by atoms with E-state index in [2.05, 4.69) is 10.3 Å². The maximum Gasteiger partial charge on any atom is 0.279 e. The van der Waals surface area contributed by atoms with E-state index >= 15 is 0 Å². The molecule has 2 aromatic heterocycles. The van der Waals surface area contributed by atoms with Crippen molar-refractivity contribution in [1.29, 1.82) is 0 Å². The lowest BCUT2D eigenvalue weighted by Crippen LogP contribution is -2.36. The first kappa shape index (κ1) is 20.8. The largest absolute Gasteiger partial charge is 0.467 e. The molecule has 0 aliphatic heterocycles. The Hall–Kier alpha value is -3.42. The van der Waals surface area contributed by atoms with Gasteiger partial charge in [0, 0.05) is 22.2 Å². The first-order chi connectivity index (χ1) is 15.1. The van der Waals surface area contributed by atoms with Crippen molar-refractivity contribution in [3.8, 4) is 0 Å². The summed E-state index contributed by atoms with van der Waals surface area (Å²) in [6.07, 6.45) is 3.31. The van der Waals surface area contributed by atoms with E-state index in [1.807, 2.05) is 30.3 Å². The van der Waals surface area contributed by atoms with E-state index in [-0.39, 0.29) is 12.5 Å². The van der Waals surface area contributed by atoms with Gasteiger partial charge in [-0.25, -0.2) is 0 Å². The first-order valence-electron chi connectivity index (χ1n) is 9.47. The molecular weight excluding hydrogens is 434 g/mol. The lowest BCUT2D eigenvalue weighted by Gasteiger charge is -2.18. The zero-order valence-corrected chi connectivity index (χ0v) is 17.8. The van der Waals surface area contributed by atoms with E-state index in [4.69, 9.17) is 16.0 Å². The molecule has 0 spiro atoms. The second-order valence-corrected chi connectivity index (χ2v) is 7.94. The van der Waals surface area contributed by atoms with Gasteiger partial charge in [0.1, 0.15) is 11.8 Å². The lowest BCUT2D eigenvalue weighted by atomic mass is 10.1. The van der Waals surface area contributed by atoms with Gasteiger partial charge in [0.05, 0.1) is 12.8 Å². The zero-order valence-electron chi connectivity index (χ0n) is 16.3. The van der Waals surface area contributed by atoms with Gasteiger partial charge >= 0.3 is 0 Å². The molecule has 4 rings (SSSR count). The number of rotatable bonds is 6. The Morgan fingerprint density at radius 1 is 1.10 bits per heavy atom. The third-order valence-corrected chi connectivity index (χ3v) is 5.55. The minimum absolute atomic E-state index is 0.238. The number of nitrogens with one attached hydrogen (secondary N) is 1. The molecule has 0 fully saturated rings. The smallest absolute Gasteiger partial charge is 0.279 e. The molecule has 2 heterocycles. The van der Waals surface area contributed by atoms with Crippen LogP contribution < -0.4 is 10.1 Å². The summed E-state index contributed by atoms with van der Waals surface area (Å²) in [5.41, 5.74) is 1.15. The third-order valence-electron chi connectivity index (χ3n) is 4.54. The van der Waals surface area contributed by atoms with Crippen molar-refractivity contribution in [3.63, 3.8) is 0 Å². The fourth-order valence-corrected chi connectivity index (χ4v) is 4.02. The molecule has 1 N–H and O–H groups in total. The van der Waals surface area contributed by atoms with Crippen LogP contribution in [0.3, 0.4) is 0 Å². The van der Waals surface area contributed by atoms with E-state index < -0.39 is 11.9 Å². The molecule has 0 aliphatic rings. The number of amides is 2. The Bertz CT molecular complexity index is 1250. The van der Waals surface area contributed by atoms with E-state index in [0.29, 0.717) is 21.1 Å². The van der Waals surface area contributed by atoms with E-state index in [1.54, 1.807) is 58.8 Å². The van der Waals surface area contributed by atoms with E-state index in [9.17, 15) is 9.59 Å². The van der Waals surface area contributed by atoms with Crippen LogP contribution in [0.5, 0.6) is 0 Å². The first-order valence-corrected chi connectivity index (χ1v) is 10.7. The molecule has 0 saturated heterocycles. The van der Waals surface area contributed by atoms with Gasteiger partial charge in [0.15, 0.2) is 4.80 Å². The van der Waals surface area contributed by atoms with Gasteiger partial charge in [-0.05, 0) is 35.9 Å². The number of furan rings is 1. The second-order valence-electron chi connectivity index (χ2n) is 6.63. The van der Waals surface area contributed by atoms with Crippen LogP contribution in [-0.2, 0) is 11.3 Å². The Morgan fingerprint density at radius 2 is 1.94 bits per heavy atom. The Morgan fingerprint density at radius 3 is 2.68 bits per heavy atom. The average molecular weight is 452 g/mol. The van der Waals surface area contributed by atoms with E-state index in [0.717, 1.165) is 5.56 Å². The van der Waals surface area contributed by atoms with Crippen LogP contribution in [0.25, 0.3) is 0 Å². The normalized spacial score (nSPS) is 12.5. The summed E-state index contributed by atoms with van der Waals surface area (Å²) >= 11 is 7.27. The van der Waals surface area contributed by atoms with Gasteiger partial charge in [-0.15, -0.1) is 11.3 Å². The van der Waals surface area contributed by atoms with Crippen molar-refractivity contribution < 1.29 is 14.0 Å². The fourth-order valence-electron chi connectivity index (χ4n) is 3.09. The number of hydrogen-bond acceptors (Lipinski definition) is 4. The summed E-state index contributed by atoms with van der Waals surface area (Å²) < 4.78 is 7.00. The number of benzene rings is 2. The summed E-state index contributed by atoms with van der Waals surface area (Å²) in [4.78, 5) is 30.5. The van der Waals surface area contributed by atoms with Gasteiger partial charge in [0.25, 0.3) is 5.91 Å². The Balaban J connectivity index is 1.69. The van der Waals surface area contributed by atoms with Gasteiger partial charge in [-0.1, -0.05) is 48.0 Å². The molecule has 0 aliphatic carbocycles. The van der Waals surface area contributed by atoms with Crippen LogP contribution in [0.15, 0.2) is 94.0 Å². The highest BCUT2D eigenvalue weighted by Crippen LogP contribution is 2.18. The van der Waals surface area contributed by atoms with Gasteiger partial charge < -0.3 is 14.3 Å². The maximum absolute atomic E-state index is 13.2. The Kier molecular flexibility index (Phi) is 6.45. The van der Waals surface area contributed by atoms with Gasteiger partial charge in [0.2, 0.25) is 5.91 Å². The molecule has 4 aromatic rings. The molecule has 31 heavy (non-hydrogen) atoms. The predicted molar refractivity (Wildman–Crippen MR) is 119 cm³/mol. The minimum Gasteiger partial charge on any atom is -0.467 e. The molecule has 6 nitrogen and oxygen atoms in total. The standard InChI is InChI=1S/C23H18ClN3O3S/c24-18-9-4-8-17(14-18)21(28)26-23-27(11-13-31-23)20(16-6-2-1-3-7-16)22(29)25-15-19-10-5-12-30-19/h1-14,20H,15H2,(H,25,29)/t20-/m0/s1. The summed E-state index contributed by atoms with van der Waals surface area (Å²) in [7, 11) is 0. The summed E-state index contributed by atoms with van der Waals surface area (Å²) in [5.74, 6) is -0.0179. The summed E-state index contributed by atoms with van der Waals surface area (Å²) in [6, 6.07) is 18.8. The molecule has 0 bridgehead atoms. The number of carbonyl (C=O) groups excluding carboxylic acids is 2. The topological polar surface area (TPSA) is 76.6 Å². The van der Waals surface area contributed by atoms with Crippen LogP contribution in [-0.4, -0.2) is 16.4 Å². The maximum atomic E-state index is 13.2. The molecule has 8 heteroatoms. The van der Waals surface area contributed by atoms with Crippen molar-refractivity contribution in [2.45, 2.75) is 12.6 Å². The molecule has 0 saturated carbocycles. The van der Waals surface area contributed by atoms with Gasteiger partial charge in [-0.2, -0.15) is 4.99 Å². The molecule has 2 aromatic carbocycles. The van der Waals surface area contributed by atoms with Crippen molar-refractivity contribution >= 4 is 34.8 Å². The number of carbonyl (C=O) groups is 2. The highest BCUT2D eigenvalue weighted by molar-refractivity contribution is 7.07. The minimum atomic E-state index is -0.701. The third kappa shape index (κ3) is 5.02. The lowest BCUT2D eigenvalue weighted by molar-refractivity contribution is -0.123. The number of hydrogen-bond donors (Lipinski definition) is 1. The SMILES string of the molecule is O=C(N=c1sccn1[C@H](C(=O)NCc1ccco1)c1ccccc1)c1cccc(Cl)c1. The predicted octanol–water partition coefficient (Wildman–Crippen LogP) is 4.44. The number of halogens is 1. The van der Waals surface area contributed by atoms with Crippen LogP contribution in [0.4, 0.5) is 0 Å². The van der Waals surface area contributed by atoms with E-state index in [1.165, 1.54) is 11.3 Å². The average Bonchev–Trinajstić information content (AvgIpc) is 3.46. The number of thiazole rings is 1. The van der Waals surface area contributed by atoms with Crippen LogP contribution in [0.2, 0.25) is 5.02 Å². The monoisotopic (exact) mass is 451 g/mol. The highest BCUT2D eigenvalue weighted by atomic mass is 35.5. The molecular formula is C23H18ClN3O3S. The molecule has 1 atom stereocenters. The van der Waals surface area contributed by atoms with Crippen LogP contribution in [0, 0.1) is 0 Å². The molecule has 156 valence electrons. The van der Waals surface area contributed by atoms with Crippen molar-refractivity contribution in [2.75, 3.05) is 0 Å².